The Labute approximate surface area is 244 Å². The topological polar surface area (TPSA) is 43.8 Å². The van der Waals surface area contributed by atoms with Gasteiger partial charge in [0.2, 0.25) is 0 Å². The Morgan fingerprint density at radius 3 is 1.97 bits per heavy atom. The van der Waals surface area contributed by atoms with E-state index in [9.17, 15) is 14.3 Å². The number of likely N-dealkylation sites (tertiary alicyclic amines) is 1. The van der Waals surface area contributed by atoms with Crippen molar-refractivity contribution in [1.29, 1.82) is 0 Å². The molecule has 1 N–H and O–H groups in total. The molecule has 0 aliphatic carbocycles. The van der Waals surface area contributed by atoms with Crippen LogP contribution >= 0.6 is 24.8 Å². The highest BCUT2D eigenvalue weighted by Crippen LogP contribution is 2.25. The SMILES string of the molecule is Cl.Cl.O=C(CCC1CCN(Cc2ccc(F)cc2)CC1)c1ccc2c(c1)CCN(Cc1ccc(O)cc1)CC2. The summed E-state index contributed by atoms with van der Waals surface area (Å²) in [5.41, 5.74) is 5.90. The average Bonchev–Trinajstić information content (AvgIpc) is 3.12. The third kappa shape index (κ3) is 8.77. The van der Waals surface area contributed by atoms with E-state index in [1.807, 2.05) is 30.3 Å². The van der Waals surface area contributed by atoms with Crippen LogP contribution in [0.5, 0.6) is 5.75 Å². The van der Waals surface area contributed by atoms with Gasteiger partial charge in [0, 0.05) is 38.2 Å². The van der Waals surface area contributed by atoms with Crippen molar-refractivity contribution < 1.29 is 14.3 Å². The maximum Gasteiger partial charge on any atom is 0.162 e. The number of hydrogen-bond acceptors (Lipinski definition) is 4. The summed E-state index contributed by atoms with van der Waals surface area (Å²) >= 11 is 0. The zero-order chi connectivity index (χ0) is 25.6. The molecule has 0 radical (unpaired) electrons. The van der Waals surface area contributed by atoms with Gasteiger partial charge in [-0.2, -0.15) is 0 Å². The van der Waals surface area contributed by atoms with Crippen LogP contribution in [-0.2, 0) is 25.9 Å². The fourth-order valence-corrected chi connectivity index (χ4v) is 5.72. The minimum atomic E-state index is -0.186. The van der Waals surface area contributed by atoms with Crippen LogP contribution in [0.2, 0.25) is 0 Å². The van der Waals surface area contributed by atoms with E-state index < -0.39 is 0 Å². The van der Waals surface area contributed by atoms with Crippen LogP contribution in [0.3, 0.4) is 0 Å². The van der Waals surface area contributed by atoms with Gasteiger partial charge >= 0.3 is 0 Å². The van der Waals surface area contributed by atoms with Gasteiger partial charge in [0.05, 0.1) is 0 Å². The Kier molecular flexibility index (Phi) is 11.8. The van der Waals surface area contributed by atoms with Crippen LogP contribution in [0, 0.1) is 11.7 Å². The first-order valence-corrected chi connectivity index (χ1v) is 13.6. The number of Topliss-reactive ketones (excluding diaryl/α,β-unsaturated/α-hetero) is 1. The summed E-state index contributed by atoms with van der Waals surface area (Å²) < 4.78 is 13.1. The number of piperidine rings is 1. The number of benzene rings is 3. The summed E-state index contributed by atoms with van der Waals surface area (Å²) in [7, 11) is 0. The van der Waals surface area contributed by atoms with Crippen molar-refractivity contribution in [3.05, 3.63) is 100 Å². The Morgan fingerprint density at radius 1 is 0.769 bits per heavy atom. The predicted octanol–water partition coefficient (Wildman–Crippen LogP) is 6.85. The summed E-state index contributed by atoms with van der Waals surface area (Å²) in [6.45, 7) is 5.80. The molecule has 0 atom stereocenters. The highest BCUT2D eigenvalue weighted by molar-refractivity contribution is 5.96. The second-order valence-corrected chi connectivity index (χ2v) is 10.7. The molecule has 0 unspecified atom stereocenters. The van der Waals surface area contributed by atoms with Crippen LogP contribution in [0.15, 0.2) is 66.7 Å². The Hall–Kier alpha value is -2.44. The first kappa shape index (κ1) is 31.1. The third-order valence-electron chi connectivity index (χ3n) is 8.07. The molecular weight excluding hydrogens is 534 g/mol. The van der Waals surface area contributed by atoms with Crippen LogP contribution < -0.4 is 0 Å². The lowest BCUT2D eigenvalue weighted by Crippen LogP contribution is -2.33. The fraction of sp³-hybridized carbons (Fsp3) is 0.406. The summed E-state index contributed by atoms with van der Waals surface area (Å²) in [5.74, 6) is 0.982. The molecule has 0 amide bonds. The van der Waals surface area contributed by atoms with E-state index in [1.165, 1.54) is 28.8 Å². The van der Waals surface area contributed by atoms with Crippen LogP contribution in [0.25, 0.3) is 0 Å². The van der Waals surface area contributed by atoms with Crippen molar-refractivity contribution in [3.63, 3.8) is 0 Å². The lowest BCUT2D eigenvalue weighted by atomic mass is 9.89. The molecule has 3 aromatic rings. The summed E-state index contributed by atoms with van der Waals surface area (Å²) in [4.78, 5) is 17.9. The molecule has 1 saturated heterocycles. The van der Waals surface area contributed by atoms with Gasteiger partial charge < -0.3 is 5.11 Å². The number of nitrogens with zero attached hydrogens (tertiary/aromatic N) is 2. The quantitative estimate of drug-likeness (QED) is 0.300. The maximum atomic E-state index is 13.1. The van der Waals surface area contributed by atoms with E-state index in [0.29, 0.717) is 18.1 Å². The number of phenolic OH excluding ortho intramolecular Hbond substituents is 1. The van der Waals surface area contributed by atoms with Gasteiger partial charge in [-0.15, -0.1) is 24.8 Å². The zero-order valence-electron chi connectivity index (χ0n) is 22.4. The van der Waals surface area contributed by atoms with Crippen molar-refractivity contribution in [2.75, 3.05) is 26.2 Å². The molecule has 4 nitrogen and oxygen atoms in total. The first-order chi connectivity index (χ1) is 18.0. The van der Waals surface area contributed by atoms with Gasteiger partial charge in [0.15, 0.2) is 5.78 Å². The number of fused-ring (bicyclic) bond motifs is 1. The van der Waals surface area contributed by atoms with E-state index >= 15 is 0 Å². The molecule has 39 heavy (non-hydrogen) atoms. The maximum absolute atomic E-state index is 13.1. The summed E-state index contributed by atoms with van der Waals surface area (Å²) in [5, 5.41) is 9.52. The van der Waals surface area contributed by atoms with Crippen molar-refractivity contribution in [2.24, 2.45) is 5.92 Å². The van der Waals surface area contributed by atoms with Gasteiger partial charge in [0.1, 0.15) is 11.6 Å². The van der Waals surface area contributed by atoms with Crippen molar-refractivity contribution in [3.8, 4) is 5.75 Å². The van der Waals surface area contributed by atoms with E-state index in [4.69, 9.17) is 0 Å². The standard InChI is InChI=1S/C32H37FN2O2.2ClH/c33-30-8-1-25(2-9-30)22-34-17-13-24(14-18-34)5-12-32(37)29-7-6-27-15-19-35(20-16-28(27)21-29)23-26-3-10-31(36)11-4-26;;/h1-4,6-11,21,24,36H,5,12-20,22-23H2;2*1H. The molecule has 1 fully saturated rings. The van der Waals surface area contributed by atoms with Crippen LogP contribution in [0.1, 0.15) is 58.3 Å². The van der Waals surface area contributed by atoms with Crippen molar-refractivity contribution in [1.82, 2.24) is 9.80 Å². The number of ketones is 1. The molecule has 210 valence electrons. The fourth-order valence-electron chi connectivity index (χ4n) is 5.72. The van der Waals surface area contributed by atoms with Gasteiger partial charge in [0.25, 0.3) is 0 Å². The number of phenols is 1. The Bertz CT molecular complexity index is 1200. The zero-order valence-corrected chi connectivity index (χ0v) is 24.0. The molecule has 2 heterocycles. The molecule has 2 aliphatic rings. The lowest BCUT2D eigenvalue weighted by molar-refractivity contribution is 0.0961. The van der Waals surface area contributed by atoms with Gasteiger partial charge in [-0.1, -0.05) is 36.4 Å². The average molecular weight is 574 g/mol. The molecular formula is C32H39Cl2FN2O2. The number of rotatable bonds is 8. The smallest absolute Gasteiger partial charge is 0.162 e. The summed E-state index contributed by atoms with van der Waals surface area (Å²) in [6, 6.07) is 20.6. The summed E-state index contributed by atoms with van der Waals surface area (Å²) in [6.07, 6.45) is 5.78. The van der Waals surface area contributed by atoms with E-state index in [-0.39, 0.29) is 36.4 Å². The van der Waals surface area contributed by atoms with Crippen molar-refractivity contribution >= 4 is 30.6 Å². The first-order valence-electron chi connectivity index (χ1n) is 13.6. The molecule has 7 heteroatoms. The van der Waals surface area contributed by atoms with E-state index in [0.717, 1.165) is 82.5 Å². The minimum Gasteiger partial charge on any atom is -0.508 e. The van der Waals surface area contributed by atoms with Gasteiger partial charge in [-0.05, 0) is 104 Å². The second kappa shape index (κ2) is 14.8. The van der Waals surface area contributed by atoms with E-state index in [1.54, 1.807) is 12.1 Å². The highest BCUT2D eigenvalue weighted by Gasteiger charge is 2.21. The van der Waals surface area contributed by atoms with Crippen molar-refractivity contribution in [2.45, 2.75) is 51.6 Å². The number of carbonyl (C=O) groups is 1. The molecule has 0 spiro atoms. The van der Waals surface area contributed by atoms with Crippen LogP contribution in [-0.4, -0.2) is 46.9 Å². The monoisotopic (exact) mass is 572 g/mol. The largest absolute Gasteiger partial charge is 0.508 e. The molecule has 0 aromatic heterocycles. The lowest BCUT2D eigenvalue weighted by Gasteiger charge is -2.32. The van der Waals surface area contributed by atoms with E-state index in [2.05, 4.69) is 21.9 Å². The molecule has 3 aromatic carbocycles. The number of carbonyl (C=O) groups excluding carboxylic acids is 1. The van der Waals surface area contributed by atoms with Gasteiger partial charge in [-0.25, -0.2) is 4.39 Å². The molecule has 2 aliphatic heterocycles. The second-order valence-electron chi connectivity index (χ2n) is 10.7. The third-order valence-corrected chi connectivity index (χ3v) is 8.07. The number of aromatic hydroxyl groups is 1. The number of hydrogen-bond donors (Lipinski definition) is 1. The number of halogens is 3. The highest BCUT2D eigenvalue weighted by atomic mass is 35.5. The van der Waals surface area contributed by atoms with Crippen LogP contribution in [0.4, 0.5) is 4.39 Å². The molecule has 5 rings (SSSR count). The predicted molar refractivity (Wildman–Crippen MR) is 160 cm³/mol. The Morgan fingerprint density at radius 2 is 1.33 bits per heavy atom. The molecule has 0 saturated carbocycles. The van der Waals surface area contributed by atoms with Gasteiger partial charge in [-0.3, -0.25) is 14.6 Å². The normalized spacial score (nSPS) is 16.4. The minimum absolute atomic E-state index is 0. The Balaban J connectivity index is 0.00000210. The molecule has 0 bridgehead atoms.